The van der Waals surface area contributed by atoms with E-state index in [2.05, 4.69) is 15.6 Å². The standard InChI is InChI=1S/C20H34N4O3S/c1-20(2,3)27-18-9-7-6-8-17(18)15-23-19(21-4)22-14-16-10-12-24(13-11-16)28(5,25)26/h6-9,16H,10-15H2,1-5H3,(H2,21,22,23). The van der Waals surface area contributed by atoms with Gasteiger partial charge in [0, 0.05) is 38.8 Å². The Bertz CT molecular complexity index is 764. The molecular weight excluding hydrogens is 376 g/mol. The molecule has 7 nitrogen and oxygen atoms in total. The number of guanidine groups is 1. The zero-order valence-corrected chi connectivity index (χ0v) is 18.5. The summed E-state index contributed by atoms with van der Waals surface area (Å²) in [7, 11) is -1.33. The number of benzene rings is 1. The minimum atomic E-state index is -3.08. The molecule has 0 aliphatic carbocycles. The number of aliphatic imine (C=N–C) groups is 1. The molecule has 1 aromatic rings. The van der Waals surface area contributed by atoms with Gasteiger partial charge in [-0.25, -0.2) is 12.7 Å². The molecule has 8 heteroatoms. The molecule has 1 aliphatic rings. The fraction of sp³-hybridized carbons (Fsp3) is 0.650. The van der Waals surface area contributed by atoms with E-state index < -0.39 is 10.0 Å². The van der Waals surface area contributed by atoms with Gasteiger partial charge in [-0.15, -0.1) is 0 Å². The Morgan fingerprint density at radius 3 is 2.43 bits per heavy atom. The van der Waals surface area contributed by atoms with Crippen LogP contribution in [0.25, 0.3) is 0 Å². The zero-order valence-electron chi connectivity index (χ0n) is 17.7. The smallest absolute Gasteiger partial charge is 0.211 e. The van der Waals surface area contributed by atoms with Gasteiger partial charge >= 0.3 is 0 Å². The third-order valence-corrected chi connectivity index (χ3v) is 5.96. The molecule has 0 radical (unpaired) electrons. The maximum absolute atomic E-state index is 11.6. The summed E-state index contributed by atoms with van der Waals surface area (Å²) in [5.74, 6) is 2.04. The van der Waals surface area contributed by atoms with Crippen LogP contribution >= 0.6 is 0 Å². The second kappa shape index (κ2) is 9.60. The highest BCUT2D eigenvalue weighted by Crippen LogP contribution is 2.23. The number of para-hydroxylation sites is 1. The normalized spacial score (nSPS) is 17.4. The molecule has 1 heterocycles. The monoisotopic (exact) mass is 410 g/mol. The van der Waals surface area contributed by atoms with E-state index in [-0.39, 0.29) is 5.60 Å². The average Bonchev–Trinajstić information content (AvgIpc) is 2.61. The molecule has 2 N–H and O–H groups in total. The van der Waals surface area contributed by atoms with Gasteiger partial charge in [0.25, 0.3) is 0 Å². The highest BCUT2D eigenvalue weighted by molar-refractivity contribution is 7.88. The van der Waals surface area contributed by atoms with Crippen molar-refractivity contribution < 1.29 is 13.2 Å². The van der Waals surface area contributed by atoms with Crippen molar-refractivity contribution in [2.45, 2.75) is 45.8 Å². The quantitative estimate of drug-likeness (QED) is 0.555. The van der Waals surface area contributed by atoms with Crippen LogP contribution in [0.1, 0.15) is 39.2 Å². The Kier molecular flexibility index (Phi) is 7.71. The van der Waals surface area contributed by atoms with Crippen LogP contribution in [-0.4, -0.2) is 57.2 Å². The first kappa shape index (κ1) is 22.5. The number of nitrogens with one attached hydrogen (secondary N) is 2. The van der Waals surface area contributed by atoms with Gasteiger partial charge in [-0.2, -0.15) is 0 Å². The Hall–Kier alpha value is -1.80. The molecule has 0 saturated carbocycles. The molecule has 1 saturated heterocycles. The van der Waals surface area contributed by atoms with Crippen molar-refractivity contribution in [1.29, 1.82) is 0 Å². The first-order valence-electron chi connectivity index (χ1n) is 9.75. The highest BCUT2D eigenvalue weighted by atomic mass is 32.2. The van der Waals surface area contributed by atoms with Crippen LogP contribution in [0, 0.1) is 5.92 Å². The van der Waals surface area contributed by atoms with Crippen molar-refractivity contribution in [1.82, 2.24) is 14.9 Å². The second-order valence-electron chi connectivity index (χ2n) is 8.23. The molecule has 1 fully saturated rings. The van der Waals surface area contributed by atoms with Gasteiger partial charge in [0.15, 0.2) is 5.96 Å². The number of nitrogens with zero attached hydrogens (tertiary/aromatic N) is 2. The second-order valence-corrected chi connectivity index (χ2v) is 10.2. The SMILES string of the molecule is CN=C(NCc1ccccc1OC(C)(C)C)NCC1CCN(S(C)(=O)=O)CC1. The lowest BCUT2D eigenvalue weighted by molar-refractivity contribution is 0.129. The molecule has 0 aromatic heterocycles. The third-order valence-electron chi connectivity index (χ3n) is 4.66. The van der Waals surface area contributed by atoms with E-state index in [9.17, 15) is 8.42 Å². The van der Waals surface area contributed by atoms with Crippen LogP contribution in [0.3, 0.4) is 0 Å². The molecule has 0 unspecified atom stereocenters. The number of sulfonamides is 1. The zero-order chi connectivity index (χ0) is 20.8. The lowest BCUT2D eigenvalue weighted by atomic mass is 9.98. The molecule has 158 valence electrons. The van der Waals surface area contributed by atoms with E-state index in [0.29, 0.717) is 25.6 Å². The molecule has 0 atom stereocenters. The molecule has 2 rings (SSSR count). The summed E-state index contributed by atoms with van der Waals surface area (Å²) < 4.78 is 30.8. The maximum atomic E-state index is 11.6. The van der Waals surface area contributed by atoms with Crippen molar-refractivity contribution in [2.75, 3.05) is 32.9 Å². The number of ether oxygens (including phenoxy) is 1. The molecule has 0 bridgehead atoms. The van der Waals surface area contributed by atoms with Crippen LogP contribution < -0.4 is 15.4 Å². The topological polar surface area (TPSA) is 83.0 Å². The summed E-state index contributed by atoms with van der Waals surface area (Å²) in [6.07, 6.45) is 3.00. The summed E-state index contributed by atoms with van der Waals surface area (Å²) in [5.41, 5.74) is 0.818. The van der Waals surface area contributed by atoms with Gasteiger partial charge in [-0.05, 0) is 45.6 Å². The van der Waals surface area contributed by atoms with Crippen molar-refractivity contribution in [2.24, 2.45) is 10.9 Å². The lowest BCUT2D eigenvalue weighted by Gasteiger charge is -2.30. The summed E-state index contributed by atoms with van der Waals surface area (Å²) in [6.45, 7) is 8.67. The highest BCUT2D eigenvalue weighted by Gasteiger charge is 2.24. The van der Waals surface area contributed by atoms with Crippen molar-refractivity contribution in [3.8, 4) is 5.75 Å². The molecule has 1 aromatic carbocycles. The number of piperidine rings is 1. The predicted molar refractivity (Wildman–Crippen MR) is 114 cm³/mol. The minimum Gasteiger partial charge on any atom is -0.488 e. The van der Waals surface area contributed by atoms with Crippen LogP contribution in [0.15, 0.2) is 29.3 Å². The van der Waals surface area contributed by atoms with Gasteiger partial charge < -0.3 is 15.4 Å². The Labute approximate surface area is 169 Å². The summed E-state index contributed by atoms with van der Waals surface area (Å²) in [6, 6.07) is 8.00. The van der Waals surface area contributed by atoms with E-state index in [1.165, 1.54) is 6.26 Å². The molecular formula is C20H34N4O3S. The summed E-state index contributed by atoms with van der Waals surface area (Å²) in [4.78, 5) is 4.29. The first-order chi connectivity index (χ1) is 13.1. The average molecular weight is 411 g/mol. The molecule has 0 spiro atoms. The van der Waals surface area contributed by atoms with Gasteiger partial charge in [0.2, 0.25) is 10.0 Å². The van der Waals surface area contributed by atoms with Crippen LogP contribution in [0.2, 0.25) is 0 Å². The fourth-order valence-electron chi connectivity index (χ4n) is 3.16. The lowest BCUT2D eigenvalue weighted by Crippen LogP contribution is -2.43. The Morgan fingerprint density at radius 2 is 1.86 bits per heavy atom. The summed E-state index contributed by atoms with van der Waals surface area (Å²) >= 11 is 0. The van der Waals surface area contributed by atoms with Crippen molar-refractivity contribution in [3.63, 3.8) is 0 Å². The number of rotatable bonds is 6. The van der Waals surface area contributed by atoms with E-state index in [1.54, 1.807) is 11.4 Å². The van der Waals surface area contributed by atoms with E-state index in [1.807, 2.05) is 45.0 Å². The predicted octanol–water partition coefficient (Wildman–Crippen LogP) is 2.20. The van der Waals surface area contributed by atoms with Crippen LogP contribution in [0.4, 0.5) is 0 Å². The van der Waals surface area contributed by atoms with E-state index in [4.69, 9.17) is 4.74 Å². The van der Waals surface area contributed by atoms with Gasteiger partial charge in [-0.3, -0.25) is 4.99 Å². The molecule has 1 aliphatic heterocycles. The Balaban J connectivity index is 1.83. The number of hydrogen-bond donors (Lipinski definition) is 2. The maximum Gasteiger partial charge on any atom is 0.211 e. The fourth-order valence-corrected chi connectivity index (χ4v) is 4.04. The van der Waals surface area contributed by atoms with Gasteiger partial charge in [0.1, 0.15) is 11.4 Å². The van der Waals surface area contributed by atoms with Crippen molar-refractivity contribution >= 4 is 16.0 Å². The molecule has 0 amide bonds. The largest absolute Gasteiger partial charge is 0.488 e. The Morgan fingerprint density at radius 1 is 1.21 bits per heavy atom. The third kappa shape index (κ3) is 7.31. The van der Waals surface area contributed by atoms with Crippen LogP contribution in [0.5, 0.6) is 5.75 Å². The van der Waals surface area contributed by atoms with Gasteiger partial charge in [0.05, 0.1) is 6.26 Å². The number of hydrogen-bond acceptors (Lipinski definition) is 4. The first-order valence-corrected chi connectivity index (χ1v) is 11.6. The summed E-state index contributed by atoms with van der Waals surface area (Å²) in [5, 5.41) is 6.70. The van der Waals surface area contributed by atoms with Gasteiger partial charge in [-0.1, -0.05) is 18.2 Å². The minimum absolute atomic E-state index is 0.253. The van der Waals surface area contributed by atoms with E-state index in [0.717, 1.165) is 36.7 Å². The molecule has 28 heavy (non-hydrogen) atoms. The van der Waals surface area contributed by atoms with E-state index >= 15 is 0 Å². The van der Waals surface area contributed by atoms with Crippen molar-refractivity contribution in [3.05, 3.63) is 29.8 Å². The van der Waals surface area contributed by atoms with Crippen LogP contribution in [-0.2, 0) is 16.6 Å².